The standard InChI is InChI=1S/C14H16N2OS/c1-14(2,11-6-4-3-5-7-11)13(17)16-10-12-15-8-9-18-12/h3-9H,10H2,1-2H3,(H,16,17). The van der Waals surface area contributed by atoms with Crippen LogP contribution in [-0.2, 0) is 16.8 Å². The topological polar surface area (TPSA) is 42.0 Å². The molecule has 0 aliphatic rings. The zero-order valence-corrected chi connectivity index (χ0v) is 11.3. The molecule has 0 radical (unpaired) electrons. The van der Waals surface area contributed by atoms with Gasteiger partial charge in [0.05, 0.1) is 12.0 Å². The van der Waals surface area contributed by atoms with Gasteiger partial charge in [-0.05, 0) is 19.4 Å². The second-order valence-electron chi connectivity index (χ2n) is 4.60. The highest BCUT2D eigenvalue weighted by atomic mass is 32.1. The average molecular weight is 260 g/mol. The average Bonchev–Trinajstić information content (AvgIpc) is 2.90. The third-order valence-electron chi connectivity index (χ3n) is 2.95. The molecule has 0 fully saturated rings. The van der Waals surface area contributed by atoms with Gasteiger partial charge >= 0.3 is 0 Å². The number of carbonyl (C=O) groups excluding carboxylic acids is 1. The van der Waals surface area contributed by atoms with Gasteiger partial charge in [-0.3, -0.25) is 4.79 Å². The van der Waals surface area contributed by atoms with Crippen molar-refractivity contribution >= 4 is 17.2 Å². The number of nitrogens with one attached hydrogen (secondary N) is 1. The van der Waals surface area contributed by atoms with Crippen LogP contribution in [0.15, 0.2) is 41.9 Å². The second-order valence-corrected chi connectivity index (χ2v) is 5.58. The van der Waals surface area contributed by atoms with Gasteiger partial charge in [-0.25, -0.2) is 4.98 Å². The Balaban J connectivity index is 2.04. The molecule has 0 saturated carbocycles. The van der Waals surface area contributed by atoms with Crippen molar-refractivity contribution in [2.45, 2.75) is 25.8 Å². The van der Waals surface area contributed by atoms with Gasteiger partial charge in [-0.1, -0.05) is 30.3 Å². The summed E-state index contributed by atoms with van der Waals surface area (Å²) >= 11 is 1.55. The molecule has 94 valence electrons. The molecule has 2 rings (SSSR count). The summed E-state index contributed by atoms with van der Waals surface area (Å²) in [6.45, 7) is 4.35. The summed E-state index contributed by atoms with van der Waals surface area (Å²) in [6.07, 6.45) is 1.74. The third-order valence-corrected chi connectivity index (χ3v) is 3.73. The molecule has 0 saturated heterocycles. The van der Waals surface area contributed by atoms with E-state index in [4.69, 9.17) is 0 Å². The molecule has 0 aliphatic carbocycles. The van der Waals surface area contributed by atoms with Crippen molar-refractivity contribution in [1.82, 2.24) is 10.3 Å². The molecule has 1 N–H and O–H groups in total. The van der Waals surface area contributed by atoms with Crippen molar-refractivity contribution in [1.29, 1.82) is 0 Å². The van der Waals surface area contributed by atoms with Crippen molar-refractivity contribution in [3.05, 3.63) is 52.5 Å². The number of carbonyl (C=O) groups is 1. The zero-order valence-electron chi connectivity index (χ0n) is 10.5. The number of amides is 1. The van der Waals surface area contributed by atoms with Crippen LogP contribution in [0, 0.1) is 0 Å². The van der Waals surface area contributed by atoms with Crippen molar-refractivity contribution in [2.24, 2.45) is 0 Å². The maximum Gasteiger partial charge on any atom is 0.230 e. The van der Waals surface area contributed by atoms with Crippen LogP contribution >= 0.6 is 11.3 Å². The van der Waals surface area contributed by atoms with Gasteiger partial charge in [0.15, 0.2) is 0 Å². The van der Waals surface area contributed by atoms with E-state index in [1.54, 1.807) is 17.5 Å². The predicted molar refractivity (Wildman–Crippen MR) is 73.4 cm³/mol. The number of hydrogen-bond acceptors (Lipinski definition) is 3. The van der Waals surface area contributed by atoms with Crippen LogP contribution in [0.4, 0.5) is 0 Å². The van der Waals surface area contributed by atoms with E-state index in [1.165, 1.54) is 0 Å². The van der Waals surface area contributed by atoms with Gasteiger partial charge in [0.2, 0.25) is 5.91 Å². The van der Waals surface area contributed by atoms with Gasteiger partial charge in [0.1, 0.15) is 5.01 Å². The highest BCUT2D eigenvalue weighted by Gasteiger charge is 2.29. The maximum absolute atomic E-state index is 12.2. The van der Waals surface area contributed by atoms with Gasteiger partial charge in [-0.2, -0.15) is 0 Å². The fourth-order valence-corrected chi connectivity index (χ4v) is 2.26. The maximum atomic E-state index is 12.2. The van der Waals surface area contributed by atoms with E-state index in [0.29, 0.717) is 6.54 Å². The fraction of sp³-hybridized carbons (Fsp3) is 0.286. The molecule has 0 bridgehead atoms. The van der Waals surface area contributed by atoms with Crippen molar-refractivity contribution in [3.63, 3.8) is 0 Å². The Labute approximate surface area is 111 Å². The summed E-state index contributed by atoms with van der Waals surface area (Å²) in [5.41, 5.74) is 0.486. The number of hydrogen-bond donors (Lipinski definition) is 1. The smallest absolute Gasteiger partial charge is 0.230 e. The van der Waals surface area contributed by atoms with Crippen LogP contribution in [0.1, 0.15) is 24.4 Å². The number of thiazole rings is 1. The minimum Gasteiger partial charge on any atom is -0.349 e. The van der Waals surface area contributed by atoms with E-state index in [-0.39, 0.29) is 5.91 Å². The first kappa shape index (κ1) is 12.8. The number of nitrogens with zero attached hydrogens (tertiary/aromatic N) is 1. The molecule has 2 aromatic rings. The van der Waals surface area contributed by atoms with E-state index >= 15 is 0 Å². The summed E-state index contributed by atoms with van der Waals surface area (Å²) in [4.78, 5) is 16.4. The summed E-state index contributed by atoms with van der Waals surface area (Å²) < 4.78 is 0. The lowest BCUT2D eigenvalue weighted by Gasteiger charge is -2.23. The Morgan fingerprint density at radius 1 is 1.33 bits per heavy atom. The van der Waals surface area contributed by atoms with Crippen molar-refractivity contribution in [3.8, 4) is 0 Å². The normalized spacial score (nSPS) is 11.2. The number of rotatable bonds is 4. The van der Waals surface area contributed by atoms with Crippen LogP contribution in [0.2, 0.25) is 0 Å². The van der Waals surface area contributed by atoms with Crippen LogP contribution in [-0.4, -0.2) is 10.9 Å². The molecule has 4 heteroatoms. The van der Waals surface area contributed by atoms with Gasteiger partial charge in [0, 0.05) is 11.6 Å². The highest BCUT2D eigenvalue weighted by molar-refractivity contribution is 7.09. The van der Waals surface area contributed by atoms with E-state index in [0.717, 1.165) is 10.6 Å². The van der Waals surface area contributed by atoms with Crippen LogP contribution in [0.25, 0.3) is 0 Å². The van der Waals surface area contributed by atoms with Crippen LogP contribution in [0.5, 0.6) is 0 Å². The van der Waals surface area contributed by atoms with Crippen LogP contribution < -0.4 is 5.32 Å². The SMILES string of the molecule is CC(C)(C(=O)NCc1nccs1)c1ccccc1. The lowest BCUT2D eigenvalue weighted by Crippen LogP contribution is -2.39. The molecular weight excluding hydrogens is 244 g/mol. The van der Waals surface area contributed by atoms with Crippen LogP contribution in [0.3, 0.4) is 0 Å². The summed E-state index contributed by atoms with van der Waals surface area (Å²) in [7, 11) is 0. The molecule has 1 aromatic carbocycles. The number of benzene rings is 1. The first-order valence-electron chi connectivity index (χ1n) is 5.83. The molecule has 0 unspecified atom stereocenters. The molecule has 18 heavy (non-hydrogen) atoms. The summed E-state index contributed by atoms with van der Waals surface area (Å²) in [5, 5.41) is 5.76. The number of aromatic nitrogens is 1. The molecule has 1 amide bonds. The minimum atomic E-state index is -0.529. The quantitative estimate of drug-likeness (QED) is 0.918. The fourth-order valence-electron chi connectivity index (χ4n) is 1.70. The molecular formula is C14H16N2OS. The summed E-state index contributed by atoms with van der Waals surface area (Å²) in [6, 6.07) is 9.80. The summed E-state index contributed by atoms with van der Waals surface area (Å²) in [5.74, 6) is 0.0175. The lowest BCUT2D eigenvalue weighted by atomic mass is 9.84. The first-order valence-corrected chi connectivity index (χ1v) is 6.71. The van der Waals surface area contributed by atoms with Gasteiger partial charge in [0.25, 0.3) is 0 Å². The van der Waals surface area contributed by atoms with Crippen molar-refractivity contribution < 1.29 is 4.79 Å². The Morgan fingerprint density at radius 3 is 2.67 bits per heavy atom. The second kappa shape index (κ2) is 5.31. The molecule has 0 aliphatic heterocycles. The monoisotopic (exact) mass is 260 g/mol. The van der Waals surface area contributed by atoms with E-state index in [1.807, 2.05) is 49.6 Å². The highest BCUT2D eigenvalue weighted by Crippen LogP contribution is 2.23. The Kier molecular flexibility index (Phi) is 3.77. The first-order chi connectivity index (χ1) is 8.60. The third kappa shape index (κ3) is 2.76. The molecule has 3 nitrogen and oxygen atoms in total. The molecule has 1 heterocycles. The largest absolute Gasteiger partial charge is 0.349 e. The lowest BCUT2D eigenvalue weighted by molar-refractivity contribution is -0.125. The minimum absolute atomic E-state index is 0.0175. The van der Waals surface area contributed by atoms with Gasteiger partial charge < -0.3 is 5.32 Å². The predicted octanol–water partition coefficient (Wildman–Crippen LogP) is 2.74. The molecule has 0 atom stereocenters. The Morgan fingerprint density at radius 2 is 2.06 bits per heavy atom. The Bertz CT molecular complexity index is 506. The Hall–Kier alpha value is -1.68. The molecule has 1 aromatic heterocycles. The zero-order chi connectivity index (χ0) is 13.0. The van der Waals surface area contributed by atoms with E-state index in [9.17, 15) is 4.79 Å². The van der Waals surface area contributed by atoms with Crippen molar-refractivity contribution in [2.75, 3.05) is 0 Å². The van der Waals surface area contributed by atoms with Gasteiger partial charge in [-0.15, -0.1) is 11.3 Å². The van der Waals surface area contributed by atoms with E-state index < -0.39 is 5.41 Å². The van der Waals surface area contributed by atoms with E-state index in [2.05, 4.69) is 10.3 Å². The molecule has 0 spiro atoms.